The van der Waals surface area contributed by atoms with Crippen molar-refractivity contribution in [2.45, 2.75) is 149 Å². The number of aliphatic hydroxyl groups is 2. The first kappa shape index (κ1) is 39.8. The summed E-state index contributed by atoms with van der Waals surface area (Å²) in [6.07, 6.45) is 32.0. The van der Waals surface area contributed by atoms with E-state index in [1.807, 2.05) is 24.3 Å². The maximum absolute atomic E-state index is 12.1. The Morgan fingerprint density at radius 1 is 0.762 bits per heavy atom. The maximum atomic E-state index is 12.1. The number of carbonyl (C=O) groups excluding carboxylic acids is 2. The van der Waals surface area contributed by atoms with E-state index in [2.05, 4.69) is 39.0 Å². The highest BCUT2D eigenvalue weighted by molar-refractivity contribution is 5.70. The van der Waals surface area contributed by atoms with Crippen molar-refractivity contribution in [2.24, 2.45) is 5.92 Å². The quantitative estimate of drug-likeness (QED) is 0.0410. The Labute approximate surface area is 257 Å². The monoisotopic (exact) mass is 590 g/mol. The fourth-order valence-corrected chi connectivity index (χ4v) is 4.25. The Kier molecular flexibility index (Phi) is 28.7. The summed E-state index contributed by atoms with van der Waals surface area (Å²) in [5.74, 6) is 0.0835. The molecule has 3 atom stereocenters. The Bertz CT molecular complexity index is 754. The van der Waals surface area contributed by atoms with Crippen LogP contribution < -0.4 is 0 Å². The average Bonchev–Trinajstić information content (AvgIpc) is 2.98. The van der Waals surface area contributed by atoms with E-state index in [4.69, 9.17) is 9.47 Å². The van der Waals surface area contributed by atoms with Gasteiger partial charge in [0, 0.05) is 12.8 Å². The number of esters is 2. The van der Waals surface area contributed by atoms with Crippen molar-refractivity contribution in [1.29, 1.82) is 0 Å². The topological polar surface area (TPSA) is 93.1 Å². The van der Waals surface area contributed by atoms with Gasteiger partial charge in [-0.3, -0.25) is 9.59 Å². The Hall–Kier alpha value is -2.18. The predicted octanol–water partition coefficient (Wildman–Crippen LogP) is 8.72. The summed E-state index contributed by atoms with van der Waals surface area (Å²) in [5, 5.41) is 19.5. The second-order valence-corrected chi connectivity index (χ2v) is 11.3. The van der Waals surface area contributed by atoms with Crippen LogP contribution in [-0.4, -0.2) is 47.6 Å². The van der Waals surface area contributed by atoms with E-state index < -0.39 is 18.2 Å². The molecule has 2 N–H and O–H groups in total. The zero-order valence-corrected chi connectivity index (χ0v) is 27.0. The van der Waals surface area contributed by atoms with Crippen LogP contribution in [0.3, 0.4) is 0 Å². The molecule has 0 spiro atoms. The number of rotatable bonds is 28. The van der Waals surface area contributed by atoms with Crippen molar-refractivity contribution >= 4 is 11.9 Å². The van der Waals surface area contributed by atoms with Gasteiger partial charge in [0.15, 0.2) is 6.10 Å². The summed E-state index contributed by atoms with van der Waals surface area (Å²) in [6.45, 7) is 6.25. The van der Waals surface area contributed by atoms with E-state index >= 15 is 0 Å². The zero-order chi connectivity index (χ0) is 31.1. The summed E-state index contributed by atoms with van der Waals surface area (Å²) in [6, 6.07) is 0. The summed E-state index contributed by atoms with van der Waals surface area (Å²) in [5.41, 5.74) is 0. The van der Waals surface area contributed by atoms with Gasteiger partial charge in [-0.05, 0) is 50.9 Å². The summed E-state index contributed by atoms with van der Waals surface area (Å²) >= 11 is 0. The van der Waals surface area contributed by atoms with Crippen molar-refractivity contribution in [1.82, 2.24) is 0 Å². The molecular weight excluding hydrogens is 528 g/mol. The molecule has 0 aliphatic rings. The van der Waals surface area contributed by atoms with Crippen LogP contribution in [0, 0.1) is 5.92 Å². The van der Waals surface area contributed by atoms with Gasteiger partial charge < -0.3 is 19.7 Å². The molecule has 0 radical (unpaired) electrons. The van der Waals surface area contributed by atoms with Crippen molar-refractivity contribution in [3.05, 3.63) is 48.6 Å². The molecule has 0 aromatic carbocycles. The predicted molar refractivity (Wildman–Crippen MR) is 174 cm³/mol. The molecule has 6 heteroatoms. The molecule has 0 aromatic rings. The number of carbonyl (C=O) groups is 2. The van der Waals surface area contributed by atoms with Crippen molar-refractivity contribution in [3.8, 4) is 0 Å². The van der Waals surface area contributed by atoms with E-state index in [9.17, 15) is 19.8 Å². The highest BCUT2D eigenvalue weighted by Crippen LogP contribution is 2.14. The fraction of sp³-hybridized carbons (Fsp3) is 0.722. The van der Waals surface area contributed by atoms with Crippen LogP contribution in [0.25, 0.3) is 0 Å². The van der Waals surface area contributed by atoms with E-state index in [-0.39, 0.29) is 25.6 Å². The number of aliphatic hydroxyl groups excluding tert-OH is 2. The first-order valence-corrected chi connectivity index (χ1v) is 16.7. The van der Waals surface area contributed by atoms with Crippen molar-refractivity contribution in [2.75, 3.05) is 13.2 Å². The minimum atomic E-state index is -0.831. The van der Waals surface area contributed by atoms with Gasteiger partial charge in [-0.2, -0.15) is 0 Å². The first-order valence-electron chi connectivity index (χ1n) is 16.7. The lowest BCUT2D eigenvalue weighted by molar-refractivity contribution is -0.161. The molecule has 0 aliphatic carbocycles. The molecule has 0 saturated carbocycles. The molecule has 0 heterocycles. The van der Waals surface area contributed by atoms with Gasteiger partial charge in [-0.1, -0.05) is 127 Å². The number of allylic oxidation sites excluding steroid dienone is 6. The minimum Gasteiger partial charge on any atom is -0.462 e. The smallest absolute Gasteiger partial charge is 0.306 e. The highest BCUT2D eigenvalue weighted by Gasteiger charge is 2.15. The van der Waals surface area contributed by atoms with Gasteiger partial charge in [-0.25, -0.2) is 0 Å². The Balaban J connectivity index is 3.86. The van der Waals surface area contributed by atoms with Gasteiger partial charge in [0.25, 0.3) is 0 Å². The summed E-state index contributed by atoms with van der Waals surface area (Å²) < 4.78 is 10.5. The zero-order valence-electron chi connectivity index (χ0n) is 27.0. The number of unbranched alkanes of at least 4 members (excludes halogenated alkanes) is 9. The van der Waals surface area contributed by atoms with Crippen LogP contribution in [0.2, 0.25) is 0 Å². The Morgan fingerprint density at radius 2 is 1.45 bits per heavy atom. The molecule has 0 saturated heterocycles. The lowest BCUT2D eigenvalue weighted by Gasteiger charge is -2.15. The average molecular weight is 591 g/mol. The largest absolute Gasteiger partial charge is 0.462 e. The molecule has 42 heavy (non-hydrogen) atoms. The molecule has 0 aromatic heterocycles. The summed E-state index contributed by atoms with van der Waals surface area (Å²) in [4.78, 5) is 24.1. The normalized spacial score (nSPS) is 14.3. The van der Waals surface area contributed by atoms with Crippen LogP contribution in [0.1, 0.15) is 136 Å². The molecule has 0 rings (SSSR count). The van der Waals surface area contributed by atoms with Gasteiger partial charge in [0.05, 0.1) is 12.7 Å². The molecule has 0 amide bonds. The maximum Gasteiger partial charge on any atom is 0.306 e. The molecule has 0 fully saturated rings. The van der Waals surface area contributed by atoms with Crippen LogP contribution in [-0.2, 0) is 19.1 Å². The van der Waals surface area contributed by atoms with Gasteiger partial charge in [0.1, 0.15) is 6.61 Å². The lowest BCUT2D eigenvalue weighted by atomic mass is 10.00. The number of hydrogen-bond acceptors (Lipinski definition) is 6. The highest BCUT2D eigenvalue weighted by atomic mass is 16.6. The molecule has 2 unspecified atom stereocenters. The van der Waals surface area contributed by atoms with E-state index in [0.717, 1.165) is 38.0 Å². The van der Waals surface area contributed by atoms with Crippen LogP contribution in [0.15, 0.2) is 48.6 Å². The standard InChI is InChI=1S/C36H62O6/c1-4-6-7-8-9-10-11-16-21-26-33(38)27-22-17-14-19-24-29-36(40)42-34(30-37)31-41-35(39)28-23-18-13-12-15-20-25-32(3)5-2/h9-10,14,16-17,21-22,27,32-34,37-38H,4-8,11-13,15,18-20,23-26,28-31H2,1-3H3/b10-9-,17-14+,21-16-,27-22-/t32?,33?,34-/m0/s1. The SMILES string of the molecule is CCCCC/C=C\C/C=C\CC(O)/C=C\C=C\CCCC(=O)O[C@@H](CO)COC(=O)CCCCCCCCC(C)CC. The molecular formula is C36H62O6. The van der Waals surface area contributed by atoms with Crippen molar-refractivity contribution < 1.29 is 29.3 Å². The summed E-state index contributed by atoms with van der Waals surface area (Å²) in [7, 11) is 0. The first-order chi connectivity index (χ1) is 20.4. The van der Waals surface area contributed by atoms with Gasteiger partial charge in [0.2, 0.25) is 0 Å². The Morgan fingerprint density at radius 3 is 2.19 bits per heavy atom. The van der Waals surface area contributed by atoms with Crippen LogP contribution in [0.5, 0.6) is 0 Å². The van der Waals surface area contributed by atoms with E-state index in [0.29, 0.717) is 25.7 Å². The number of hydrogen-bond donors (Lipinski definition) is 2. The third-order valence-electron chi connectivity index (χ3n) is 7.25. The molecule has 242 valence electrons. The fourth-order valence-electron chi connectivity index (χ4n) is 4.25. The van der Waals surface area contributed by atoms with E-state index in [1.54, 1.807) is 6.08 Å². The number of ether oxygens (including phenoxy) is 2. The second kappa shape index (κ2) is 30.3. The van der Waals surface area contributed by atoms with Gasteiger partial charge >= 0.3 is 11.9 Å². The lowest BCUT2D eigenvalue weighted by Crippen LogP contribution is -2.28. The van der Waals surface area contributed by atoms with Crippen molar-refractivity contribution in [3.63, 3.8) is 0 Å². The van der Waals surface area contributed by atoms with Crippen LogP contribution >= 0.6 is 0 Å². The second-order valence-electron chi connectivity index (χ2n) is 11.3. The molecule has 0 bridgehead atoms. The van der Waals surface area contributed by atoms with Gasteiger partial charge in [-0.15, -0.1) is 0 Å². The minimum absolute atomic E-state index is 0.116. The third kappa shape index (κ3) is 28.0. The molecule has 6 nitrogen and oxygen atoms in total. The van der Waals surface area contributed by atoms with E-state index in [1.165, 1.54) is 51.4 Å². The third-order valence-corrected chi connectivity index (χ3v) is 7.25. The molecule has 0 aliphatic heterocycles. The van der Waals surface area contributed by atoms with Crippen LogP contribution in [0.4, 0.5) is 0 Å².